The Kier molecular flexibility index (Phi) is 5.98. The molecule has 0 bridgehead atoms. The summed E-state index contributed by atoms with van der Waals surface area (Å²) in [5.41, 5.74) is 1.52. The first-order valence-corrected chi connectivity index (χ1v) is 10.4. The topological polar surface area (TPSA) is 40.6 Å². The highest BCUT2D eigenvalue weighted by molar-refractivity contribution is 8.00. The SMILES string of the molecule is CCN(CCN1C(=O)CS[C@H]1c1sccc1C)C(=O)c1cccc(F)c1. The fourth-order valence-corrected chi connectivity index (χ4v) is 5.48. The van der Waals surface area contributed by atoms with E-state index in [4.69, 9.17) is 0 Å². The second-order valence-corrected chi connectivity index (χ2v) is 8.13. The monoisotopic (exact) mass is 392 g/mol. The fraction of sp³-hybridized carbons (Fsp3) is 0.368. The highest BCUT2D eigenvalue weighted by Gasteiger charge is 2.34. The summed E-state index contributed by atoms with van der Waals surface area (Å²) >= 11 is 3.29. The van der Waals surface area contributed by atoms with Crippen molar-refractivity contribution >= 4 is 34.9 Å². The molecule has 0 radical (unpaired) electrons. The van der Waals surface area contributed by atoms with Gasteiger partial charge in [0.15, 0.2) is 0 Å². The van der Waals surface area contributed by atoms with Crippen LogP contribution in [0, 0.1) is 12.7 Å². The Labute approximate surface area is 161 Å². The molecule has 2 heterocycles. The fourth-order valence-electron chi connectivity index (χ4n) is 2.99. The number of benzene rings is 1. The van der Waals surface area contributed by atoms with Crippen LogP contribution in [0.3, 0.4) is 0 Å². The van der Waals surface area contributed by atoms with E-state index in [9.17, 15) is 14.0 Å². The van der Waals surface area contributed by atoms with Gasteiger partial charge in [-0.25, -0.2) is 4.39 Å². The molecule has 7 heteroatoms. The van der Waals surface area contributed by atoms with Gasteiger partial charge in [-0.15, -0.1) is 23.1 Å². The molecule has 1 saturated heterocycles. The van der Waals surface area contributed by atoms with Gasteiger partial charge in [-0.3, -0.25) is 9.59 Å². The summed E-state index contributed by atoms with van der Waals surface area (Å²) in [5, 5.41) is 2.06. The number of carbonyl (C=O) groups is 2. The zero-order chi connectivity index (χ0) is 18.7. The van der Waals surface area contributed by atoms with Crippen molar-refractivity contribution < 1.29 is 14.0 Å². The van der Waals surface area contributed by atoms with Crippen LogP contribution in [0.15, 0.2) is 35.7 Å². The third-order valence-electron chi connectivity index (χ3n) is 4.45. The molecule has 1 fully saturated rings. The molecule has 138 valence electrons. The Hall–Kier alpha value is -1.86. The Balaban J connectivity index is 1.70. The molecule has 1 aromatic carbocycles. The average molecular weight is 393 g/mol. The number of nitrogens with zero attached hydrogens (tertiary/aromatic N) is 2. The third-order valence-corrected chi connectivity index (χ3v) is 6.89. The highest BCUT2D eigenvalue weighted by Crippen LogP contribution is 2.42. The normalized spacial score (nSPS) is 17.0. The van der Waals surface area contributed by atoms with Crippen LogP contribution in [0.2, 0.25) is 0 Å². The summed E-state index contributed by atoms with van der Waals surface area (Å²) in [7, 11) is 0. The standard InChI is InChI=1S/C19H21FN2O2S2/c1-3-21(18(24)14-5-4-6-15(20)11-14)8-9-22-16(23)12-26-19(22)17-13(2)7-10-25-17/h4-7,10-11,19H,3,8-9,12H2,1-2H3/t19-/m0/s1. The molecule has 26 heavy (non-hydrogen) atoms. The number of thioether (sulfide) groups is 1. The maximum atomic E-state index is 13.4. The van der Waals surface area contributed by atoms with Gasteiger partial charge >= 0.3 is 0 Å². The summed E-state index contributed by atoms with van der Waals surface area (Å²) < 4.78 is 13.4. The summed E-state index contributed by atoms with van der Waals surface area (Å²) in [6.07, 6.45) is 0. The van der Waals surface area contributed by atoms with Gasteiger partial charge in [0.05, 0.1) is 5.75 Å². The van der Waals surface area contributed by atoms with Crippen molar-refractivity contribution in [2.24, 2.45) is 0 Å². The number of amides is 2. The van der Waals surface area contributed by atoms with Gasteiger partial charge in [0.25, 0.3) is 5.91 Å². The minimum Gasteiger partial charge on any atom is -0.337 e. The lowest BCUT2D eigenvalue weighted by molar-refractivity contribution is -0.128. The molecule has 2 aromatic rings. The van der Waals surface area contributed by atoms with Crippen LogP contribution in [-0.2, 0) is 4.79 Å². The Bertz CT molecular complexity index is 808. The quantitative estimate of drug-likeness (QED) is 0.748. The molecule has 0 saturated carbocycles. The van der Waals surface area contributed by atoms with E-state index in [-0.39, 0.29) is 17.2 Å². The number of hydrogen-bond donors (Lipinski definition) is 0. The van der Waals surface area contributed by atoms with E-state index in [1.165, 1.54) is 28.6 Å². The molecule has 2 amide bonds. The van der Waals surface area contributed by atoms with Crippen molar-refractivity contribution in [3.8, 4) is 0 Å². The minimum absolute atomic E-state index is 0.0190. The van der Waals surface area contributed by atoms with Gasteiger partial charge in [-0.1, -0.05) is 6.07 Å². The predicted molar refractivity (Wildman–Crippen MR) is 104 cm³/mol. The Morgan fingerprint density at radius 3 is 2.85 bits per heavy atom. The van der Waals surface area contributed by atoms with Crippen molar-refractivity contribution in [2.45, 2.75) is 19.2 Å². The molecule has 1 aliphatic rings. The number of thiophene rings is 1. The van der Waals surface area contributed by atoms with Crippen LogP contribution in [0.25, 0.3) is 0 Å². The van der Waals surface area contributed by atoms with Crippen molar-refractivity contribution in [3.05, 3.63) is 57.5 Å². The summed E-state index contributed by atoms with van der Waals surface area (Å²) in [6.45, 7) is 5.35. The molecule has 0 unspecified atom stereocenters. The van der Waals surface area contributed by atoms with Crippen molar-refractivity contribution in [1.82, 2.24) is 9.80 Å². The number of carbonyl (C=O) groups excluding carboxylic acids is 2. The molecule has 1 aromatic heterocycles. The van der Waals surface area contributed by atoms with Crippen molar-refractivity contribution in [3.63, 3.8) is 0 Å². The molecule has 0 N–H and O–H groups in total. The van der Waals surface area contributed by atoms with E-state index >= 15 is 0 Å². The van der Waals surface area contributed by atoms with E-state index in [1.807, 2.05) is 17.2 Å². The zero-order valence-corrected chi connectivity index (χ0v) is 16.4. The number of rotatable bonds is 6. The lowest BCUT2D eigenvalue weighted by Crippen LogP contribution is -2.40. The molecular formula is C19H21FN2O2S2. The van der Waals surface area contributed by atoms with Crippen LogP contribution in [0.4, 0.5) is 4.39 Å². The van der Waals surface area contributed by atoms with Crippen molar-refractivity contribution in [2.75, 3.05) is 25.4 Å². The lowest BCUT2D eigenvalue weighted by atomic mass is 10.2. The number of aryl methyl sites for hydroxylation is 1. The third kappa shape index (κ3) is 3.94. The second-order valence-electron chi connectivity index (χ2n) is 6.11. The van der Waals surface area contributed by atoms with Crippen LogP contribution >= 0.6 is 23.1 Å². The van der Waals surface area contributed by atoms with Gasteiger partial charge in [-0.05, 0) is 49.1 Å². The van der Waals surface area contributed by atoms with E-state index < -0.39 is 5.82 Å². The number of likely N-dealkylation sites (N-methyl/N-ethyl adjacent to an activating group) is 1. The summed E-state index contributed by atoms with van der Waals surface area (Å²) in [6, 6.07) is 7.78. The van der Waals surface area contributed by atoms with E-state index in [1.54, 1.807) is 34.1 Å². The largest absolute Gasteiger partial charge is 0.337 e. The van der Waals surface area contributed by atoms with E-state index in [0.717, 1.165) is 0 Å². The zero-order valence-electron chi connectivity index (χ0n) is 14.8. The Morgan fingerprint density at radius 1 is 1.38 bits per heavy atom. The molecule has 0 aliphatic carbocycles. The molecule has 1 aliphatic heterocycles. The van der Waals surface area contributed by atoms with Crippen LogP contribution in [0.5, 0.6) is 0 Å². The van der Waals surface area contributed by atoms with Gasteiger partial charge in [0, 0.05) is 30.1 Å². The second kappa shape index (κ2) is 8.22. The summed E-state index contributed by atoms with van der Waals surface area (Å²) in [5.74, 6) is -0.0742. The highest BCUT2D eigenvalue weighted by atomic mass is 32.2. The summed E-state index contributed by atoms with van der Waals surface area (Å²) in [4.78, 5) is 29.7. The molecule has 3 rings (SSSR count). The maximum absolute atomic E-state index is 13.4. The molecule has 0 spiro atoms. The van der Waals surface area contributed by atoms with E-state index in [2.05, 4.69) is 13.0 Å². The molecule has 4 nitrogen and oxygen atoms in total. The van der Waals surface area contributed by atoms with Gasteiger partial charge in [-0.2, -0.15) is 0 Å². The van der Waals surface area contributed by atoms with Crippen molar-refractivity contribution in [1.29, 1.82) is 0 Å². The maximum Gasteiger partial charge on any atom is 0.254 e. The lowest BCUT2D eigenvalue weighted by Gasteiger charge is -2.28. The number of halogens is 1. The van der Waals surface area contributed by atoms with Crippen LogP contribution in [0.1, 0.15) is 33.1 Å². The predicted octanol–water partition coefficient (Wildman–Crippen LogP) is 3.93. The first kappa shape index (κ1) is 18.9. The van der Waals surface area contributed by atoms with Crippen LogP contribution in [-0.4, -0.2) is 47.0 Å². The van der Waals surface area contributed by atoms with Gasteiger partial charge in [0.2, 0.25) is 5.91 Å². The first-order chi connectivity index (χ1) is 12.5. The minimum atomic E-state index is -0.425. The van der Waals surface area contributed by atoms with Gasteiger partial charge in [0.1, 0.15) is 11.2 Å². The van der Waals surface area contributed by atoms with E-state index in [0.29, 0.717) is 31.0 Å². The molecule has 1 atom stereocenters. The smallest absolute Gasteiger partial charge is 0.254 e. The van der Waals surface area contributed by atoms with Crippen LogP contribution < -0.4 is 0 Å². The Morgan fingerprint density at radius 2 is 2.19 bits per heavy atom. The molecular weight excluding hydrogens is 371 g/mol. The first-order valence-electron chi connectivity index (χ1n) is 8.51. The number of hydrogen-bond acceptors (Lipinski definition) is 4. The average Bonchev–Trinajstić information content (AvgIpc) is 3.21. The van der Waals surface area contributed by atoms with Gasteiger partial charge < -0.3 is 9.80 Å².